The van der Waals surface area contributed by atoms with Crippen molar-refractivity contribution in [1.82, 2.24) is 0 Å². The summed E-state index contributed by atoms with van der Waals surface area (Å²) < 4.78 is 0. The van der Waals surface area contributed by atoms with E-state index in [-0.39, 0.29) is 0 Å². The van der Waals surface area contributed by atoms with E-state index in [4.69, 9.17) is 0 Å². The fourth-order valence-corrected chi connectivity index (χ4v) is 5.25. The third kappa shape index (κ3) is 1.05. The molecule has 6 aliphatic rings. The van der Waals surface area contributed by atoms with Crippen LogP contribution in [0.3, 0.4) is 0 Å². The van der Waals surface area contributed by atoms with Gasteiger partial charge in [0.1, 0.15) is 0 Å². The average Bonchev–Trinajstić information content (AvgIpc) is 3.14. The molecule has 4 unspecified atom stereocenters. The minimum Gasteiger partial charge on any atom is -0.0764 e. The summed E-state index contributed by atoms with van der Waals surface area (Å²) in [6.45, 7) is 2.26. The molecule has 0 fully saturated rings. The third-order valence-corrected chi connectivity index (χ3v) is 6.11. The van der Waals surface area contributed by atoms with Gasteiger partial charge < -0.3 is 0 Å². The second-order valence-electron chi connectivity index (χ2n) is 6.99. The number of allylic oxidation sites excluding steroid dienone is 16. The van der Waals surface area contributed by atoms with E-state index in [2.05, 4.69) is 61.6 Å². The van der Waals surface area contributed by atoms with E-state index in [9.17, 15) is 0 Å². The van der Waals surface area contributed by atoms with E-state index in [1.165, 1.54) is 22.3 Å². The molecule has 0 spiro atoms. The van der Waals surface area contributed by atoms with Gasteiger partial charge in [-0.2, -0.15) is 0 Å². The smallest absolute Gasteiger partial charge is 0.0202 e. The van der Waals surface area contributed by atoms with E-state index in [0.717, 1.165) is 0 Å². The van der Waals surface area contributed by atoms with Gasteiger partial charge in [0.15, 0.2) is 0 Å². The second-order valence-corrected chi connectivity index (χ2v) is 6.99. The van der Waals surface area contributed by atoms with Crippen molar-refractivity contribution in [2.45, 2.75) is 6.92 Å². The molecule has 0 aromatic rings. The van der Waals surface area contributed by atoms with E-state index >= 15 is 0 Å². The van der Waals surface area contributed by atoms with Crippen LogP contribution in [0.2, 0.25) is 0 Å². The zero-order valence-corrected chi connectivity index (χ0v) is 12.0. The summed E-state index contributed by atoms with van der Waals surface area (Å²) in [6.07, 6.45) is 21.5. The Bertz CT molecular complexity index is 858. The average molecular weight is 268 g/mol. The highest BCUT2D eigenvalue weighted by Crippen LogP contribution is 2.62. The largest absolute Gasteiger partial charge is 0.0764 e. The highest BCUT2D eigenvalue weighted by Gasteiger charge is 2.51. The lowest BCUT2D eigenvalue weighted by atomic mass is 9.83. The Morgan fingerprint density at radius 1 is 0.810 bits per heavy atom. The van der Waals surface area contributed by atoms with Crippen LogP contribution < -0.4 is 0 Å². The quantitative estimate of drug-likeness (QED) is 0.602. The zero-order chi connectivity index (χ0) is 13.7. The normalized spacial score (nSPS) is 39.6. The van der Waals surface area contributed by atoms with Gasteiger partial charge in [-0.05, 0) is 45.9 Å². The topological polar surface area (TPSA) is 0 Å². The highest BCUT2D eigenvalue weighted by atomic mass is 14.5. The zero-order valence-electron chi connectivity index (χ0n) is 12.0. The van der Waals surface area contributed by atoms with Gasteiger partial charge >= 0.3 is 0 Å². The molecule has 6 aliphatic carbocycles. The van der Waals surface area contributed by atoms with Crippen LogP contribution in [-0.2, 0) is 0 Å². The van der Waals surface area contributed by atoms with Crippen LogP contribution in [0.15, 0.2) is 93.7 Å². The van der Waals surface area contributed by atoms with Crippen molar-refractivity contribution in [3.05, 3.63) is 93.7 Å². The van der Waals surface area contributed by atoms with Crippen molar-refractivity contribution in [3.8, 4) is 0 Å². The molecule has 0 aliphatic heterocycles. The first-order valence-corrected chi connectivity index (χ1v) is 7.96. The fourth-order valence-electron chi connectivity index (χ4n) is 5.25. The molecule has 4 atom stereocenters. The van der Waals surface area contributed by atoms with E-state index in [0.29, 0.717) is 23.7 Å². The second kappa shape index (κ2) is 3.22. The van der Waals surface area contributed by atoms with Crippen molar-refractivity contribution in [3.63, 3.8) is 0 Å². The summed E-state index contributed by atoms with van der Waals surface area (Å²) in [4.78, 5) is 0. The molecule has 0 saturated heterocycles. The molecule has 0 saturated carbocycles. The molecule has 0 heterocycles. The number of hydrogen-bond donors (Lipinski definition) is 0. The minimum absolute atomic E-state index is 0.584. The molecule has 0 heteroatoms. The number of hydrogen-bond acceptors (Lipinski definition) is 0. The number of rotatable bonds is 0. The molecule has 0 radical (unpaired) electrons. The van der Waals surface area contributed by atoms with E-state index in [1.54, 1.807) is 16.7 Å². The maximum atomic E-state index is 2.55. The Morgan fingerprint density at radius 3 is 2.57 bits per heavy atom. The summed E-state index contributed by atoms with van der Waals surface area (Å²) in [5.74, 6) is 2.40. The lowest BCUT2D eigenvalue weighted by Gasteiger charge is -2.20. The first-order chi connectivity index (χ1) is 10.3. The van der Waals surface area contributed by atoms with Gasteiger partial charge in [0.2, 0.25) is 0 Å². The molecule has 0 bridgehead atoms. The summed E-state index contributed by atoms with van der Waals surface area (Å²) in [5, 5.41) is 0. The molecule has 0 N–H and O–H groups in total. The van der Waals surface area contributed by atoms with Crippen molar-refractivity contribution in [1.29, 1.82) is 0 Å². The predicted molar refractivity (Wildman–Crippen MR) is 85.4 cm³/mol. The van der Waals surface area contributed by atoms with Crippen LogP contribution in [-0.4, -0.2) is 0 Å². The minimum atomic E-state index is 0.584. The Labute approximate surface area is 124 Å². The van der Waals surface area contributed by atoms with Crippen LogP contribution in [0.4, 0.5) is 0 Å². The Hall–Kier alpha value is -2.08. The Kier molecular flexibility index (Phi) is 1.63. The first kappa shape index (κ1) is 10.6. The molecule has 21 heavy (non-hydrogen) atoms. The summed E-state index contributed by atoms with van der Waals surface area (Å²) in [5.41, 5.74) is 10.8. The van der Waals surface area contributed by atoms with Gasteiger partial charge in [-0.25, -0.2) is 0 Å². The summed E-state index contributed by atoms with van der Waals surface area (Å²) >= 11 is 0. The van der Waals surface area contributed by atoms with Crippen molar-refractivity contribution < 1.29 is 0 Å². The van der Waals surface area contributed by atoms with Gasteiger partial charge in [0.05, 0.1) is 0 Å². The number of fused-ring (bicyclic) bond motifs is 1. The summed E-state index contributed by atoms with van der Waals surface area (Å²) in [6, 6.07) is 0. The molecule has 6 rings (SSSR count). The van der Waals surface area contributed by atoms with Gasteiger partial charge in [0, 0.05) is 23.7 Å². The van der Waals surface area contributed by atoms with Crippen molar-refractivity contribution in [2.75, 3.05) is 0 Å². The fraction of sp³-hybridized carbons (Fsp3) is 0.238. The van der Waals surface area contributed by atoms with Gasteiger partial charge in [-0.15, -0.1) is 0 Å². The van der Waals surface area contributed by atoms with Crippen molar-refractivity contribution in [2.24, 2.45) is 23.7 Å². The van der Waals surface area contributed by atoms with Crippen LogP contribution in [0.5, 0.6) is 0 Å². The molecule has 0 aromatic carbocycles. The maximum absolute atomic E-state index is 2.55. The van der Waals surface area contributed by atoms with Crippen molar-refractivity contribution >= 4 is 0 Å². The molecule has 0 aromatic heterocycles. The highest BCUT2D eigenvalue weighted by molar-refractivity contribution is 5.73. The standard InChI is InChI=1S/C21H16/c1-11-2-3-13-7-9-16-17-10-14-5-4-12-6-8-15(11)20(19(13)16)21(17)18(12)14/h2-10,14,16,18-19H,1H3. The molecule has 100 valence electrons. The van der Waals surface area contributed by atoms with Crippen LogP contribution >= 0.6 is 0 Å². The van der Waals surface area contributed by atoms with Crippen LogP contribution in [0.25, 0.3) is 0 Å². The van der Waals surface area contributed by atoms with Gasteiger partial charge in [-0.1, -0.05) is 54.7 Å². The Morgan fingerprint density at radius 2 is 1.62 bits per heavy atom. The van der Waals surface area contributed by atoms with E-state index in [1.807, 2.05) is 0 Å². The van der Waals surface area contributed by atoms with Crippen LogP contribution in [0, 0.1) is 23.7 Å². The predicted octanol–water partition coefficient (Wildman–Crippen LogP) is 4.59. The lowest BCUT2D eigenvalue weighted by Crippen LogP contribution is -2.10. The third-order valence-electron chi connectivity index (χ3n) is 6.11. The van der Waals surface area contributed by atoms with E-state index < -0.39 is 0 Å². The monoisotopic (exact) mass is 268 g/mol. The molecular formula is C21H16. The first-order valence-electron chi connectivity index (χ1n) is 7.96. The van der Waals surface area contributed by atoms with Crippen LogP contribution in [0.1, 0.15) is 6.92 Å². The summed E-state index contributed by atoms with van der Waals surface area (Å²) in [7, 11) is 0. The molecular weight excluding hydrogens is 252 g/mol. The van der Waals surface area contributed by atoms with Gasteiger partial charge in [0.25, 0.3) is 0 Å². The molecule has 0 nitrogen and oxygen atoms in total. The SMILES string of the molecule is CC1=CC=C2C=CC3C4=CC5C=CC6=CC=C1C(=C4C65)C23. The maximum Gasteiger partial charge on any atom is 0.0202 e. The lowest BCUT2D eigenvalue weighted by molar-refractivity contribution is 0.654. The van der Waals surface area contributed by atoms with Gasteiger partial charge in [-0.3, -0.25) is 0 Å². The Balaban J connectivity index is 1.76. The molecule has 0 amide bonds.